The fourth-order valence-electron chi connectivity index (χ4n) is 0.965. The van der Waals surface area contributed by atoms with Gasteiger partial charge >= 0.3 is 0 Å². The molecule has 0 aliphatic carbocycles. The molecule has 0 aliphatic heterocycles. The Kier molecular flexibility index (Phi) is 4.05. The Hall–Kier alpha value is -1.37. The molecule has 1 aromatic carbocycles. The van der Waals surface area contributed by atoms with Crippen molar-refractivity contribution in [2.75, 3.05) is 0 Å². The highest BCUT2D eigenvalue weighted by molar-refractivity contribution is 14.1. The molecule has 16 heavy (non-hydrogen) atoms. The largest absolute Gasteiger partial charge is 0.508 e. The molecule has 0 heterocycles. The van der Waals surface area contributed by atoms with Crippen LogP contribution in [-0.2, 0) is 4.79 Å². The van der Waals surface area contributed by atoms with E-state index in [0.29, 0.717) is 9.13 Å². The second kappa shape index (κ2) is 5.11. The van der Waals surface area contributed by atoms with Crippen molar-refractivity contribution in [2.24, 2.45) is 0 Å². The zero-order valence-electron chi connectivity index (χ0n) is 8.58. The smallest absolute Gasteiger partial charge is 0.259 e. The lowest BCUT2D eigenvalue weighted by molar-refractivity contribution is -0.116. The van der Waals surface area contributed by atoms with E-state index in [2.05, 4.69) is 11.9 Å². The number of benzene rings is 1. The van der Waals surface area contributed by atoms with Crippen molar-refractivity contribution in [1.82, 2.24) is 5.32 Å². The van der Waals surface area contributed by atoms with Crippen LogP contribution in [0.5, 0.6) is 5.75 Å². The number of hydrogen-bond donors (Lipinski definition) is 2. The Labute approximate surface area is 106 Å². The molecule has 0 atom stereocenters. The third-order valence-corrected chi connectivity index (χ3v) is 2.70. The fraction of sp³-hybridized carbons (Fsp3) is 0.0909. The summed E-state index contributed by atoms with van der Waals surface area (Å²) in [7, 11) is 0. The summed E-state index contributed by atoms with van der Waals surface area (Å²) in [5.74, 6) is -0.932. The fourth-order valence-corrected chi connectivity index (χ4v) is 1.71. The average Bonchev–Trinajstić information content (AvgIpc) is 2.16. The van der Waals surface area contributed by atoms with Crippen LogP contribution in [0.2, 0.25) is 0 Å². The van der Waals surface area contributed by atoms with E-state index in [9.17, 15) is 14.7 Å². The first-order valence-corrected chi connectivity index (χ1v) is 5.49. The van der Waals surface area contributed by atoms with Gasteiger partial charge in [-0.2, -0.15) is 0 Å². The number of hydrogen-bond acceptors (Lipinski definition) is 3. The molecule has 0 bridgehead atoms. The van der Waals surface area contributed by atoms with Gasteiger partial charge < -0.3 is 5.11 Å². The Morgan fingerprint density at radius 2 is 2.06 bits per heavy atom. The minimum Gasteiger partial charge on any atom is -0.508 e. The van der Waals surface area contributed by atoms with Gasteiger partial charge in [-0.3, -0.25) is 14.9 Å². The normalized spacial score (nSPS) is 9.62. The number of phenolic OH excluding ortho intramolecular Hbond substituents is 1. The van der Waals surface area contributed by atoms with Gasteiger partial charge in [-0.15, -0.1) is 0 Å². The van der Waals surface area contributed by atoms with Crippen molar-refractivity contribution in [3.05, 3.63) is 39.5 Å². The van der Waals surface area contributed by atoms with E-state index < -0.39 is 11.8 Å². The first-order chi connectivity index (χ1) is 7.41. The molecule has 0 aromatic heterocycles. The average molecular weight is 331 g/mol. The van der Waals surface area contributed by atoms with Crippen LogP contribution in [0, 0.1) is 3.57 Å². The van der Waals surface area contributed by atoms with E-state index in [0.717, 1.165) is 0 Å². The van der Waals surface area contributed by atoms with Crippen LogP contribution in [0.4, 0.5) is 0 Å². The van der Waals surface area contributed by atoms with Gasteiger partial charge in [0.25, 0.3) is 11.8 Å². The van der Waals surface area contributed by atoms with Gasteiger partial charge in [0.1, 0.15) is 5.75 Å². The van der Waals surface area contributed by atoms with Crippen molar-refractivity contribution in [3.63, 3.8) is 0 Å². The number of halogens is 1. The molecule has 1 aromatic rings. The monoisotopic (exact) mass is 331 g/mol. The summed E-state index contributed by atoms with van der Waals surface area (Å²) >= 11 is 1.91. The first-order valence-electron chi connectivity index (χ1n) is 4.41. The second-order valence-corrected chi connectivity index (χ2v) is 4.39. The van der Waals surface area contributed by atoms with Crippen LogP contribution in [0.1, 0.15) is 17.3 Å². The Morgan fingerprint density at radius 1 is 1.44 bits per heavy atom. The van der Waals surface area contributed by atoms with Crippen molar-refractivity contribution in [2.45, 2.75) is 6.92 Å². The molecule has 1 rings (SSSR count). The van der Waals surface area contributed by atoms with Gasteiger partial charge in [0.2, 0.25) is 0 Å². The molecule has 0 aliphatic rings. The third kappa shape index (κ3) is 3.06. The van der Waals surface area contributed by atoms with E-state index in [1.807, 2.05) is 22.6 Å². The Balaban J connectivity index is 2.89. The second-order valence-electron chi connectivity index (χ2n) is 3.23. The maximum Gasteiger partial charge on any atom is 0.259 e. The van der Waals surface area contributed by atoms with Gasteiger partial charge in [-0.25, -0.2) is 0 Å². The van der Waals surface area contributed by atoms with Crippen LogP contribution >= 0.6 is 22.6 Å². The van der Waals surface area contributed by atoms with Crippen molar-refractivity contribution in [1.29, 1.82) is 0 Å². The van der Waals surface area contributed by atoms with Crippen molar-refractivity contribution < 1.29 is 14.7 Å². The zero-order valence-corrected chi connectivity index (χ0v) is 10.7. The van der Waals surface area contributed by atoms with E-state index >= 15 is 0 Å². The van der Waals surface area contributed by atoms with Crippen LogP contribution in [0.3, 0.4) is 0 Å². The Bertz CT molecular complexity index is 468. The van der Waals surface area contributed by atoms with Crippen LogP contribution in [0.15, 0.2) is 30.4 Å². The highest BCUT2D eigenvalue weighted by Crippen LogP contribution is 2.18. The molecule has 0 radical (unpaired) electrons. The number of amides is 2. The number of carbonyl (C=O) groups is 2. The van der Waals surface area contributed by atoms with Gasteiger partial charge in [-0.1, -0.05) is 6.58 Å². The summed E-state index contributed by atoms with van der Waals surface area (Å²) in [4.78, 5) is 22.9. The predicted octanol–water partition coefficient (Wildman–Crippen LogP) is 1.83. The number of carbonyl (C=O) groups excluding carboxylic acids is 2. The topological polar surface area (TPSA) is 66.4 Å². The molecular formula is C11H10INO3. The Morgan fingerprint density at radius 3 is 2.56 bits per heavy atom. The lowest BCUT2D eigenvalue weighted by Gasteiger charge is -2.05. The molecule has 0 unspecified atom stereocenters. The lowest BCUT2D eigenvalue weighted by atomic mass is 10.2. The zero-order chi connectivity index (χ0) is 12.3. The highest BCUT2D eigenvalue weighted by atomic mass is 127. The van der Waals surface area contributed by atoms with Crippen LogP contribution in [0.25, 0.3) is 0 Å². The molecule has 2 amide bonds. The molecular weight excluding hydrogens is 321 g/mol. The number of rotatable bonds is 2. The van der Waals surface area contributed by atoms with Gasteiger partial charge in [0.15, 0.2) is 0 Å². The molecule has 0 saturated carbocycles. The predicted molar refractivity (Wildman–Crippen MR) is 68.1 cm³/mol. The standard InChI is InChI=1S/C11H10INO3/c1-6(2)10(15)13-11(16)8-4-3-7(14)5-9(8)12/h3-5,14H,1H2,2H3,(H,13,15,16). The summed E-state index contributed by atoms with van der Waals surface area (Å²) < 4.78 is 0.574. The minimum absolute atomic E-state index is 0.0761. The van der Waals surface area contributed by atoms with Crippen LogP contribution in [-0.4, -0.2) is 16.9 Å². The van der Waals surface area contributed by atoms with E-state index in [4.69, 9.17) is 0 Å². The number of aromatic hydroxyl groups is 1. The molecule has 4 nitrogen and oxygen atoms in total. The quantitative estimate of drug-likeness (QED) is 0.642. The third-order valence-electron chi connectivity index (χ3n) is 1.81. The van der Waals surface area contributed by atoms with E-state index in [1.165, 1.54) is 25.1 Å². The SMILES string of the molecule is C=C(C)C(=O)NC(=O)c1ccc(O)cc1I. The number of nitrogens with one attached hydrogen (secondary N) is 1. The summed E-state index contributed by atoms with van der Waals surface area (Å²) in [5.41, 5.74) is 0.607. The summed E-state index contributed by atoms with van der Waals surface area (Å²) in [6, 6.07) is 4.29. The molecule has 5 heteroatoms. The molecule has 0 spiro atoms. The molecule has 2 N–H and O–H groups in total. The molecule has 0 fully saturated rings. The van der Waals surface area contributed by atoms with Crippen molar-refractivity contribution >= 4 is 34.4 Å². The van der Waals surface area contributed by atoms with E-state index in [1.54, 1.807) is 0 Å². The highest BCUT2D eigenvalue weighted by Gasteiger charge is 2.13. The minimum atomic E-state index is -0.506. The number of phenols is 1. The van der Waals surface area contributed by atoms with Crippen LogP contribution < -0.4 is 5.32 Å². The first kappa shape index (κ1) is 12.7. The van der Waals surface area contributed by atoms with Gasteiger partial charge in [-0.05, 0) is 47.7 Å². The van der Waals surface area contributed by atoms with Gasteiger partial charge in [0.05, 0.1) is 5.56 Å². The van der Waals surface area contributed by atoms with Crippen molar-refractivity contribution in [3.8, 4) is 5.75 Å². The summed E-state index contributed by atoms with van der Waals surface area (Å²) in [5, 5.41) is 11.4. The van der Waals surface area contributed by atoms with Gasteiger partial charge in [0, 0.05) is 9.14 Å². The summed E-state index contributed by atoms with van der Waals surface area (Å²) in [6.45, 7) is 4.95. The summed E-state index contributed by atoms with van der Waals surface area (Å²) in [6.07, 6.45) is 0. The molecule has 84 valence electrons. The maximum absolute atomic E-state index is 11.6. The molecule has 0 saturated heterocycles. The van der Waals surface area contributed by atoms with E-state index in [-0.39, 0.29) is 11.3 Å². The lowest BCUT2D eigenvalue weighted by Crippen LogP contribution is -2.31. The maximum atomic E-state index is 11.6. The number of imide groups is 1.